The summed E-state index contributed by atoms with van der Waals surface area (Å²) >= 11 is 6.28. The molecule has 0 heterocycles. The molecule has 0 saturated heterocycles. The Morgan fingerprint density at radius 3 is 2.67 bits per heavy atom. The van der Waals surface area contributed by atoms with Crippen molar-refractivity contribution < 1.29 is 4.79 Å². The number of likely N-dealkylation sites (N-methyl/N-ethyl adjacent to an activating group) is 1. The molecule has 0 fully saturated rings. The van der Waals surface area contributed by atoms with E-state index in [1.165, 1.54) is 0 Å². The van der Waals surface area contributed by atoms with E-state index in [0.717, 1.165) is 29.4 Å². The molecule has 1 aromatic carbocycles. The van der Waals surface area contributed by atoms with E-state index >= 15 is 0 Å². The molecule has 1 amide bonds. The van der Waals surface area contributed by atoms with E-state index in [1.54, 1.807) is 0 Å². The monoisotopic (exact) mass is 311 g/mol. The van der Waals surface area contributed by atoms with E-state index in [-0.39, 0.29) is 5.91 Å². The molecule has 0 bridgehead atoms. The first-order valence-corrected chi connectivity index (χ1v) is 7.78. The highest BCUT2D eigenvalue weighted by Gasteiger charge is 2.09. The van der Waals surface area contributed by atoms with Crippen LogP contribution in [0.1, 0.15) is 26.3 Å². The molecule has 0 aromatic heterocycles. The topological polar surface area (TPSA) is 44.4 Å². The van der Waals surface area contributed by atoms with Gasteiger partial charge in [-0.25, -0.2) is 0 Å². The first-order chi connectivity index (χ1) is 9.93. The summed E-state index contributed by atoms with van der Waals surface area (Å²) in [7, 11) is 1.89. The lowest BCUT2D eigenvalue weighted by Crippen LogP contribution is -2.36. The number of carbonyl (C=O) groups is 1. The predicted molar refractivity (Wildman–Crippen MR) is 90.0 cm³/mol. The standard InChI is InChI=1S/C16H26ClN3O/c1-5-18-10-13-6-7-14(8-15(13)17)20(4)11-16(21)19-9-12(2)3/h6-8,12,18H,5,9-11H2,1-4H3,(H,19,21). The van der Waals surface area contributed by atoms with Crippen LogP contribution in [0.2, 0.25) is 5.02 Å². The van der Waals surface area contributed by atoms with Crippen molar-refractivity contribution in [3.8, 4) is 0 Å². The minimum absolute atomic E-state index is 0.0269. The summed E-state index contributed by atoms with van der Waals surface area (Å²) in [6, 6.07) is 5.90. The second-order valence-electron chi connectivity index (χ2n) is 5.61. The van der Waals surface area contributed by atoms with Crippen LogP contribution in [-0.2, 0) is 11.3 Å². The lowest BCUT2D eigenvalue weighted by atomic mass is 10.2. The Balaban J connectivity index is 2.59. The highest BCUT2D eigenvalue weighted by molar-refractivity contribution is 6.31. The molecule has 0 saturated carbocycles. The average molecular weight is 312 g/mol. The van der Waals surface area contributed by atoms with Gasteiger partial charge < -0.3 is 15.5 Å². The molecule has 0 unspecified atom stereocenters. The van der Waals surface area contributed by atoms with E-state index < -0.39 is 0 Å². The molecule has 0 radical (unpaired) electrons. The predicted octanol–water partition coefficient (Wildman–Crippen LogP) is 2.66. The van der Waals surface area contributed by atoms with Crippen LogP contribution < -0.4 is 15.5 Å². The Kier molecular flexibility index (Phi) is 7.54. The minimum Gasteiger partial charge on any atom is -0.365 e. The smallest absolute Gasteiger partial charge is 0.239 e. The number of nitrogens with zero attached hydrogens (tertiary/aromatic N) is 1. The van der Waals surface area contributed by atoms with Gasteiger partial charge in [0.1, 0.15) is 0 Å². The number of carbonyl (C=O) groups excluding carboxylic acids is 1. The zero-order valence-corrected chi connectivity index (χ0v) is 14.1. The van der Waals surface area contributed by atoms with Gasteiger partial charge in [0.2, 0.25) is 5.91 Å². The van der Waals surface area contributed by atoms with Crippen molar-refractivity contribution in [2.75, 3.05) is 31.6 Å². The fraction of sp³-hybridized carbons (Fsp3) is 0.562. The van der Waals surface area contributed by atoms with Crippen LogP contribution in [0.25, 0.3) is 0 Å². The van der Waals surface area contributed by atoms with Gasteiger partial charge >= 0.3 is 0 Å². The second kappa shape index (κ2) is 8.90. The molecule has 0 aliphatic carbocycles. The zero-order chi connectivity index (χ0) is 15.8. The van der Waals surface area contributed by atoms with Gasteiger partial charge in [-0.05, 0) is 30.2 Å². The molecule has 21 heavy (non-hydrogen) atoms. The van der Waals surface area contributed by atoms with Crippen molar-refractivity contribution in [3.05, 3.63) is 28.8 Å². The van der Waals surface area contributed by atoms with Gasteiger partial charge in [-0.1, -0.05) is 38.4 Å². The summed E-state index contributed by atoms with van der Waals surface area (Å²) in [4.78, 5) is 13.7. The minimum atomic E-state index is 0.0269. The van der Waals surface area contributed by atoms with Gasteiger partial charge in [0.25, 0.3) is 0 Å². The first-order valence-electron chi connectivity index (χ1n) is 7.41. The molecule has 1 rings (SSSR count). The second-order valence-corrected chi connectivity index (χ2v) is 6.02. The van der Waals surface area contributed by atoms with Crippen molar-refractivity contribution in [3.63, 3.8) is 0 Å². The number of benzene rings is 1. The van der Waals surface area contributed by atoms with Crippen LogP contribution in [0.3, 0.4) is 0 Å². The van der Waals surface area contributed by atoms with Gasteiger partial charge in [-0.15, -0.1) is 0 Å². The van der Waals surface area contributed by atoms with Crippen molar-refractivity contribution in [1.29, 1.82) is 0 Å². The lowest BCUT2D eigenvalue weighted by Gasteiger charge is -2.20. The Morgan fingerprint density at radius 2 is 2.10 bits per heavy atom. The summed E-state index contributed by atoms with van der Waals surface area (Å²) in [5, 5.41) is 6.89. The van der Waals surface area contributed by atoms with Gasteiger partial charge in [0, 0.05) is 30.8 Å². The Labute approximate surface area is 132 Å². The third-order valence-electron chi connectivity index (χ3n) is 3.13. The molecule has 0 atom stereocenters. The van der Waals surface area contributed by atoms with Gasteiger partial charge in [-0.2, -0.15) is 0 Å². The molecule has 118 valence electrons. The maximum absolute atomic E-state index is 11.8. The summed E-state index contributed by atoms with van der Waals surface area (Å²) < 4.78 is 0. The van der Waals surface area contributed by atoms with Crippen LogP contribution in [0.5, 0.6) is 0 Å². The third-order valence-corrected chi connectivity index (χ3v) is 3.48. The third kappa shape index (κ3) is 6.36. The van der Waals surface area contributed by atoms with Crippen molar-refractivity contribution in [1.82, 2.24) is 10.6 Å². The summed E-state index contributed by atoms with van der Waals surface area (Å²) in [6.45, 7) is 8.92. The quantitative estimate of drug-likeness (QED) is 0.776. The number of hydrogen-bond donors (Lipinski definition) is 2. The van der Waals surface area contributed by atoms with E-state index in [9.17, 15) is 4.79 Å². The van der Waals surface area contributed by atoms with E-state index in [4.69, 9.17) is 11.6 Å². The highest BCUT2D eigenvalue weighted by Crippen LogP contribution is 2.23. The molecular weight excluding hydrogens is 286 g/mol. The SMILES string of the molecule is CCNCc1ccc(N(C)CC(=O)NCC(C)C)cc1Cl. The van der Waals surface area contributed by atoms with Gasteiger partial charge in [-0.3, -0.25) is 4.79 Å². The normalized spacial score (nSPS) is 10.8. The number of anilines is 1. The van der Waals surface area contributed by atoms with E-state index in [0.29, 0.717) is 19.0 Å². The fourth-order valence-corrected chi connectivity index (χ4v) is 2.10. The van der Waals surface area contributed by atoms with Crippen LogP contribution in [-0.4, -0.2) is 32.6 Å². The highest BCUT2D eigenvalue weighted by atomic mass is 35.5. The Hall–Kier alpha value is -1.26. The maximum Gasteiger partial charge on any atom is 0.239 e. The van der Waals surface area contributed by atoms with Gasteiger partial charge in [0.05, 0.1) is 6.54 Å². The average Bonchev–Trinajstić information content (AvgIpc) is 2.43. The molecule has 4 nitrogen and oxygen atoms in total. The Bertz CT molecular complexity index is 463. The number of rotatable bonds is 8. The maximum atomic E-state index is 11.8. The van der Waals surface area contributed by atoms with E-state index in [1.807, 2.05) is 30.1 Å². The lowest BCUT2D eigenvalue weighted by molar-refractivity contribution is -0.119. The first kappa shape index (κ1) is 17.8. The van der Waals surface area contributed by atoms with E-state index in [2.05, 4.69) is 31.4 Å². The van der Waals surface area contributed by atoms with Gasteiger partial charge in [0.15, 0.2) is 0 Å². The molecule has 2 N–H and O–H groups in total. The largest absolute Gasteiger partial charge is 0.365 e. The van der Waals surface area contributed by atoms with Crippen molar-refractivity contribution in [2.24, 2.45) is 5.92 Å². The number of amides is 1. The molecular formula is C16H26ClN3O. The fourth-order valence-electron chi connectivity index (χ4n) is 1.86. The molecule has 0 aliphatic heterocycles. The molecule has 0 aliphatic rings. The number of hydrogen-bond acceptors (Lipinski definition) is 3. The molecule has 1 aromatic rings. The zero-order valence-electron chi connectivity index (χ0n) is 13.4. The summed E-state index contributed by atoms with van der Waals surface area (Å²) in [6.07, 6.45) is 0. The van der Waals surface area contributed by atoms with Crippen LogP contribution in [0.15, 0.2) is 18.2 Å². The van der Waals surface area contributed by atoms with Crippen LogP contribution in [0.4, 0.5) is 5.69 Å². The van der Waals surface area contributed by atoms with Crippen molar-refractivity contribution >= 4 is 23.2 Å². The molecule has 0 spiro atoms. The summed E-state index contributed by atoms with van der Waals surface area (Å²) in [5.41, 5.74) is 2.01. The van der Waals surface area contributed by atoms with Crippen LogP contribution >= 0.6 is 11.6 Å². The number of halogens is 1. The molecule has 5 heteroatoms. The van der Waals surface area contributed by atoms with Crippen LogP contribution in [0, 0.1) is 5.92 Å². The number of nitrogens with one attached hydrogen (secondary N) is 2. The summed E-state index contributed by atoms with van der Waals surface area (Å²) in [5.74, 6) is 0.484. The Morgan fingerprint density at radius 1 is 1.38 bits per heavy atom. The van der Waals surface area contributed by atoms with Crippen molar-refractivity contribution in [2.45, 2.75) is 27.3 Å².